The van der Waals surface area contributed by atoms with Crippen LogP contribution in [0.1, 0.15) is 64.7 Å². The summed E-state index contributed by atoms with van der Waals surface area (Å²) in [5.41, 5.74) is 0. The number of hydrogen-bond acceptors (Lipinski definition) is 4. The van der Waals surface area contributed by atoms with Gasteiger partial charge in [-0.1, -0.05) is 6.92 Å². The summed E-state index contributed by atoms with van der Waals surface area (Å²) in [6.07, 6.45) is 6.99. The molecular formula is C21H35FN4O2. The van der Waals surface area contributed by atoms with Crippen molar-refractivity contribution < 1.29 is 14.0 Å². The second kappa shape index (κ2) is 8.66. The number of nitrogens with one attached hydrogen (secondary N) is 4. The van der Waals surface area contributed by atoms with Crippen LogP contribution in [0.5, 0.6) is 0 Å². The van der Waals surface area contributed by atoms with Gasteiger partial charge in [-0.2, -0.15) is 0 Å². The Kier molecular flexibility index (Phi) is 6.21. The summed E-state index contributed by atoms with van der Waals surface area (Å²) >= 11 is 0. The number of fused-ring (bicyclic) bond motifs is 1. The highest BCUT2D eigenvalue weighted by atomic mass is 19.1. The fourth-order valence-electron chi connectivity index (χ4n) is 5.76. The lowest BCUT2D eigenvalue weighted by atomic mass is 9.77. The molecule has 0 aromatic carbocycles. The van der Waals surface area contributed by atoms with Crippen molar-refractivity contribution in [1.82, 2.24) is 21.3 Å². The van der Waals surface area contributed by atoms with E-state index in [9.17, 15) is 14.0 Å². The van der Waals surface area contributed by atoms with Gasteiger partial charge in [0.05, 0.1) is 12.1 Å². The van der Waals surface area contributed by atoms with Crippen LogP contribution in [0.15, 0.2) is 0 Å². The fourth-order valence-corrected chi connectivity index (χ4v) is 5.76. The lowest BCUT2D eigenvalue weighted by Crippen LogP contribution is -2.52. The first-order valence-electron chi connectivity index (χ1n) is 11.3. The van der Waals surface area contributed by atoms with Crippen LogP contribution in [0.25, 0.3) is 0 Å². The molecule has 2 aliphatic carbocycles. The lowest BCUT2D eigenvalue weighted by Gasteiger charge is -2.33. The summed E-state index contributed by atoms with van der Waals surface area (Å²) in [4.78, 5) is 25.2. The predicted octanol–water partition coefficient (Wildman–Crippen LogP) is 1.40. The summed E-state index contributed by atoms with van der Waals surface area (Å²) in [6, 6.07) is -0.00526. The first-order valence-corrected chi connectivity index (χ1v) is 11.3. The quantitative estimate of drug-likeness (QED) is 0.581. The molecule has 2 heterocycles. The van der Waals surface area contributed by atoms with Gasteiger partial charge in [0.25, 0.3) is 0 Å². The van der Waals surface area contributed by atoms with E-state index >= 15 is 0 Å². The van der Waals surface area contributed by atoms with E-state index in [0.29, 0.717) is 18.8 Å². The van der Waals surface area contributed by atoms with Crippen molar-refractivity contribution in [1.29, 1.82) is 0 Å². The van der Waals surface area contributed by atoms with E-state index < -0.39 is 6.17 Å². The van der Waals surface area contributed by atoms with Crippen molar-refractivity contribution in [3.8, 4) is 0 Å². The minimum atomic E-state index is -0.787. The van der Waals surface area contributed by atoms with Gasteiger partial charge in [-0.3, -0.25) is 9.59 Å². The molecule has 6 nitrogen and oxygen atoms in total. The standard InChI is InChI=1S/C21H35FN4O2/c1-12-7-8-16(22)15-11-18(26-19(12)15)21(28)25-14-5-2-4-13(10-14)24-20(27)17-6-3-9-23-17/h12-19,23,26H,2-11H2,1H3,(H,24,27)(H,25,28). The smallest absolute Gasteiger partial charge is 0.237 e. The van der Waals surface area contributed by atoms with Crippen molar-refractivity contribution >= 4 is 11.8 Å². The maximum Gasteiger partial charge on any atom is 0.237 e. The fraction of sp³-hybridized carbons (Fsp3) is 0.905. The van der Waals surface area contributed by atoms with Gasteiger partial charge in [0.1, 0.15) is 6.17 Å². The Morgan fingerprint density at radius 1 is 0.893 bits per heavy atom. The molecule has 0 aromatic rings. The number of rotatable bonds is 4. The second-order valence-electron chi connectivity index (χ2n) is 9.44. The molecule has 2 saturated heterocycles. The molecule has 2 amide bonds. The molecular weight excluding hydrogens is 359 g/mol. The minimum absolute atomic E-state index is 0.00300. The van der Waals surface area contributed by atoms with E-state index in [0.717, 1.165) is 51.5 Å². The van der Waals surface area contributed by atoms with Gasteiger partial charge in [-0.25, -0.2) is 4.39 Å². The summed E-state index contributed by atoms with van der Waals surface area (Å²) in [5, 5.41) is 13.0. The SMILES string of the molecule is CC1CCC(F)C2CC(C(=O)NC3CCCC(NC(=O)C4CCCN4)C3)NC12. The van der Waals surface area contributed by atoms with Gasteiger partial charge < -0.3 is 21.3 Å². The molecule has 0 bridgehead atoms. The van der Waals surface area contributed by atoms with Crippen molar-refractivity contribution in [3.63, 3.8) is 0 Å². The summed E-state index contributed by atoms with van der Waals surface area (Å²) < 4.78 is 14.3. The molecule has 158 valence electrons. The van der Waals surface area contributed by atoms with Gasteiger partial charge >= 0.3 is 0 Å². The molecule has 2 saturated carbocycles. The summed E-state index contributed by atoms with van der Waals surface area (Å²) in [7, 11) is 0. The zero-order valence-electron chi connectivity index (χ0n) is 16.9. The molecule has 8 atom stereocenters. The number of halogens is 1. The molecule has 8 unspecified atom stereocenters. The first-order chi connectivity index (χ1) is 13.5. The van der Waals surface area contributed by atoms with Crippen molar-refractivity contribution in [2.45, 2.75) is 101 Å². The normalized spacial score (nSPS) is 43.4. The molecule has 0 radical (unpaired) electrons. The zero-order chi connectivity index (χ0) is 19.7. The third kappa shape index (κ3) is 4.35. The molecule has 4 rings (SSSR count). The van der Waals surface area contributed by atoms with Crippen LogP contribution in [-0.2, 0) is 9.59 Å². The van der Waals surface area contributed by atoms with E-state index in [2.05, 4.69) is 28.2 Å². The maximum absolute atomic E-state index is 14.3. The molecule has 4 fully saturated rings. The minimum Gasteiger partial charge on any atom is -0.352 e. The Morgan fingerprint density at radius 3 is 2.25 bits per heavy atom. The van der Waals surface area contributed by atoms with Crippen molar-refractivity contribution in [2.24, 2.45) is 11.8 Å². The Morgan fingerprint density at radius 2 is 1.61 bits per heavy atom. The topological polar surface area (TPSA) is 82.3 Å². The van der Waals surface area contributed by atoms with Crippen LogP contribution in [0, 0.1) is 11.8 Å². The summed E-state index contributed by atoms with van der Waals surface area (Å²) in [6.45, 7) is 3.07. The van der Waals surface area contributed by atoms with E-state index in [1.807, 2.05) is 0 Å². The molecule has 28 heavy (non-hydrogen) atoms. The number of carbonyl (C=O) groups excluding carboxylic acids is 2. The zero-order valence-corrected chi connectivity index (χ0v) is 16.9. The monoisotopic (exact) mass is 394 g/mol. The second-order valence-corrected chi connectivity index (χ2v) is 9.44. The van der Waals surface area contributed by atoms with Crippen LogP contribution in [0.2, 0.25) is 0 Å². The third-order valence-corrected chi connectivity index (χ3v) is 7.40. The van der Waals surface area contributed by atoms with Crippen molar-refractivity contribution in [3.05, 3.63) is 0 Å². The Hall–Kier alpha value is -1.21. The molecule has 4 aliphatic rings. The highest BCUT2D eigenvalue weighted by Crippen LogP contribution is 2.38. The predicted molar refractivity (Wildman–Crippen MR) is 105 cm³/mol. The van der Waals surface area contributed by atoms with Gasteiger partial charge in [0, 0.05) is 24.0 Å². The Balaban J connectivity index is 1.26. The van der Waals surface area contributed by atoms with E-state index in [4.69, 9.17) is 0 Å². The third-order valence-electron chi connectivity index (χ3n) is 7.40. The van der Waals surface area contributed by atoms with Crippen LogP contribution in [0.4, 0.5) is 4.39 Å². The van der Waals surface area contributed by atoms with E-state index in [1.54, 1.807) is 0 Å². The Bertz CT molecular complexity index is 565. The Labute approximate surface area is 167 Å². The van der Waals surface area contributed by atoms with Gasteiger partial charge in [0.15, 0.2) is 0 Å². The average molecular weight is 395 g/mol. The van der Waals surface area contributed by atoms with Crippen LogP contribution in [0.3, 0.4) is 0 Å². The summed E-state index contributed by atoms with van der Waals surface area (Å²) in [5.74, 6) is 0.493. The average Bonchev–Trinajstić information content (AvgIpc) is 3.35. The largest absolute Gasteiger partial charge is 0.352 e. The molecule has 2 aliphatic heterocycles. The number of hydrogen-bond donors (Lipinski definition) is 4. The van der Waals surface area contributed by atoms with Crippen LogP contribution in [-0.4, -0.2) is 54.7 Å². The first kappa shape index (κ1) is 20.1. The highest BCUT2D eigenvalue weighted by molar-refractivity contribution is 5.83. The highest BCUT2D eigenvalue weighted by Gasteiger charge is 2.46. The van der Waals surface area contributed by atoms with Gasteiger partial charge in [0.2, 0.25) is 11.8 Å². The number of carbonyl (C=O) groups is 2. The molecule has 0 aromatic heterocycles. The lowest BCUT2D eigenvalue weighted by molar-refractivity contribution is -0.124. The van der Waals surface area contributed by atoms with Crippen LogP contribution < -0.4 is 21.3 Å². The van der Waals surface area contributed by atoms with Crippen LogP contribution >= 0.6 is 0 Å². The van der Waals surface area contributed by atoms with Gasteiger partial charge in [-0.15, -0.1) is 0 Å². The maximum atomic E-state index is 14.3. The number of alkyl halides is 1. The van der Waals surface area contributed by atoms with Gasteiger partial charge in [-0.05, 0) is 70.3 Å². The molecule has 0 spiro atoms. The molecule has 7 heteroatoms. The molecule has 4 N–H and O–H groups in total. The van der Waals surface area contributed by atoms with E-state index in [1.165, 1.54) is 0 Å². The number of amides is 2. The van der Waals surface area contributed by atoms with Crippen molar-refractivity contribution in [2.75, 3.05) is 6.54 Å². The van der Waals surface area contributed by atoms with E-state index in [-0.39, 0.29) is 47.9 Å².